The van der Waals surface area contributed by atoms with Crippen molar-refractivity contribution in [3.8, 4) is 0 Å². The first-order valence-electron chi connectivity index (χ1n) is 6.76. The molecule has 120 valence electrons. The molecule has 0 fully saturated rings. The molecule has 0 aliphatic carbocycles. The standard InChI is InChI=1S/C13H27NO6/c1-4-13(15)14-11-19-10-12(20-8-6-17-3)9-18-7-5-16-2/h12H,4-11H2,1-3H3,(H,14,15). The second-order valence-corrected chi connectivity index (χ2v) is 4.02. The zero-order valence-corrected chi connectivity index (χ0v) is 12.7. The van der Waals surface area contributed by atoms with Gasteiger partial charge in [0, 0.05) is 20.6 Å². The Kier molecular flexibility index (Phi) is 14.1. The lowest BCUT2D eigenvalue weighted by atomic mass is 10.4. The molecule has 0 saturated heterocycles. The van der Waals surface area contributed by atoms with Crippen molar-refractivity contribution in [2.45, 2.75) is 19.4 Å². The molecule has 0 radical (unpaired) electrons. The van der Waals surface area contributed by atoms with Crippen LogP contribution in [0.25, 0.3) is 0 Å². The lowest BCUT2D eigenvalue weighted by molar-refractivity contribution is -0.123. The van der Waals surface area contributed by atoms with Gasteiger partial charge in [-0.25, -0.2) is 0 Å². The molecule has 1 N–H and O–H groups in total. The zero-order chi connectivity index (χ0) is 15.1. The van der Waals surface area contributed by atoms with E-state index in [1.54, 1.807) is 21.1 Å². The van der Waals surface area contributed by atoms with E-state index in [9.17, 15) is 4.79 Å². The molecule has 7 heteroatoms. The molecule has 0 aliphatic rings. The molecular formula is C13H27NO6. The highest BCUT2D eigenvalue weighted by Gasteiger charge is 2.10. The van der Waals surface area contributed by atoms with Crippen molar-refractivity contribution in [1.29, 1.82) is 0 Å². The highest BCUT2D eigenvalue weighted by atomic mass is 16.6. The van der Waals surface area contributed by atoms with Crippen LogP contribution < -0.4 is 5.32 Å². The number of carbonyl (C=O) groups is 1. The van der Waals surface area contributed by atoms with Gasteiger partial charge in [-0.2, -0.15) is 0 Å². The Balaban J connectivity index is 3.75. The molecule has 0 aromatic heterocycles. The first-order chi connectivity index (χ1) is 9.74. The number of hydrogen-bond donors (Lipinski definition) is 1. The summed E-state index contributed by atoms with van der Waals surface area (Å²) in [5.41, 5.74) is 0. The Hall–Kier alpha value is -0.730. The monoisotopic (exact) mass is 293 g/mol. The molecule has 7 nitrogen and oxygen atoms in total. The van der Waals surface area contributed by atoms with Crippen LogP contribution in [0.4, 0.5) is 0 Å². The van der Waals surface area contributed by atoms with Gasteiger partial charge in [0.05, 0.1) is 39.6 Å². The van der Waals surface area contributed by atoms with E-state index < -0.39 is 0 Å². The number of carbonyl (C=O) groups excluding carboxylic acids is 1. The van der Waals surface area contributed by atoms with Crippen molar-refractivity contribution < 1.29 is 28.5 Å². The molecule has 1 unspecified atom stereocenters. The fraction of sp³-hybridized carbons (Fsp3) is 0.923. The largest absolute Gasteiger partial charge is 0.382 e. The lowest BCUT2D eigenvalue weighted by Gasteiger charge is -2.18. The summed E-state index contributed by atoms with van der Waals surface area (Å²) in [5.74, 6) is -0.0433. The Morgan fingerprint density at radius 3 is 2.30 bits per heavy atom. The first-order valence-corrected chi connectivity index (χ1v) is 6.76. The molecule has 0 rings (SSSR count). The summed E-state index contributed by atoms with van der Waals surface area (Å²) >= 11 is 0. The van der Waals surface area contributed by atoms with Gasteiger partial charge in [0.2, 0.25) is 5.91 Å². The van der Waals surface area contributed by atoms with Crippen LogP contribution in [0.3, 0.4) is 0 Å². The van der Waals surface area contributed by atoms with Gasteiger partial charge in [-0.1, -0.05) is 6.92 Å². The molecule has 1 amide bonds. The third-order valence-electron chi connectivity index (χ3n) is 2.37. The topological polar surface area (TPSA) is 75.3 Å². The highest BCUT2D eigenvalue weighted by Crippen LogP contribution is 1.96. The average Bonchev–Trinajstić information content (AvgIpc) is 2.47. The summed E-state index contributed by atoms with van der Waals surface area (Å²) in [5, 5.41) is 2.63. The first kappa shape index (κ1) is 19.3. The smallest absolute Gasteiger partial charge is 0.221 e. The minimum atomic E-state index is -0.194. The van der Waals surface area contributed by atoms with E-state index in [1.165, 1.54) is 0 Å². The van der Waals surface area contributed by atoms with E-state index in [4.69, 9.17) is 23.7 Å². The molecule has 0 heterocycles. The van der Waals surface area contributed by atoms with Gasteiger partial charge >= 0.3 is 0 Å². The molecule has 1 atom stereocenters. The van der Waals surface area contributed by atoms with Gasteiger partial charge < -0.3 is 29.0 Å². The summed E-state index contributed by atoms with van der Waals surface area (Å²) in [6.45, 7) is 4.76. The van der Waals surface area contributed by atoms with Gasteiger partial charge in [-0.05, 0) is 0 Å². The maximum absolute atomic E-state index is 11.0. The number of nitrogens with one attached hydrogen (secondary N) is 1. The molecule has 0 aromatic carbocycles. The van der Waals surface area contributed by atoms with E-state index in [0.717, 1.165) is 0 Å². The number of ether oxygens (including phenoxy) is 5. The predicted octanol–water partition coefficient (Wildman–Crippen LogP) is 0.181. The Morgan fingerprint density at radius 1 is 1.00 bits per heavy atom. The molecular weight excluding hydrogens is 266 g/mol. The van der Waals surface area contributed by atoms with Crippen LogP contribution >= 0.6 is 0 Å². The van der Waals surface area contributed by atoms with Crippen LogP contribution in [0.1, 0.15) is 13.3 Å². The molecule has 0 saturated carbocycles. The fourth-order valence-electron chi connectivity index (χ4n) is 1.25. The van der Waals surface area contributed by atoms with E-state index in [-0.39, 0.29) is 18.7 Å². The van der Waals surface area contributed by atoms with E-state index in [2.05, 4.69) is 5.32 Å². The zero-order valence-electron chi connectivity index (χ0n) is 12.7. The fourth-order valence-corrected chi connectivity index (χ4v) is 1.25. The Labute approximate surface area is 120 Å². The predicted molar refractivity (Wildman–Crippen MR) is 73.6 cm³/mol. The summed E-state index contributed by atoms with van der Waals surface area (Å²) in [6.07, 6.45) is 0.248. The van der Waals surface area contributed by atoms with Crippen molar-refractivity contribution in [1.82, 2.24) is 5.32 Å². The van der Waals surface area contributed by atoms with Crippen molar-refractivity contribution >= 4 is 5.91 Å². The minimum absolute atomic E-state index is 0.0433. The van der Waals surface area contributed by atoms with Crippen LogP contribution in [0.5, 0.6) is 0 Å². The number of hydrogen-bond acceptors (Lipinski definition) is 6. The molecule has 20 heavy (non-hydrogen) atoms. The van der Waals surface area contributed by atoms with E-state index in [1.807, 2.05) is 0 Å². The maximum atomic E-state index is 11.0. The van der Waals surface area contributed by atoms with Crippen LogP contribution in [-0.4, -0.2) is 72.6 Å². The highest BCUT2D eigenvalue weighted by molar-refractivity contribution is 5.75. The van der Waals surface area contributed by atoms with Gasteiger partial charge in [-0.15, -0.1) is 0 Å². The maximum Gasteiger partial charge on any atom is 0.221 e. The van der Waals surface area contributed by atoms with Crippen LogP contribution in [0.15, 0.2) is 0 Å². The number of methoxy groups -OCH3 is 2. The van der Waals surface area contributed by atoms with Crippen LogP contribution in [0.2, 0.25) is 0 Å². The normalized spacial score (nSPS) is 12.3. The molecule has 0 aromatic rings. The van der Waals surface area contributed by atoms with Crippen molar-refractivity contribution in [2.24, 2.45) is 0 Å². The van der Waals surface area contributed by atoms with Crippen molar-refractivity contribution in [3.63, 3.8) is 0 Å². The number of rotatable bonds is 14. The summed E-state index contributed by atoms with van der Waals surface area (Å²) in [4.78, 5) is 11.0. The van der Waals surface area contributed by atoms with Crippen LogP contribution in [0, 0.1) is 0 Å². The van der Waals surface area contributed by atoms with Gasteiger partial charge in [0.25, 0.3) is 0 Å². The number of amides is 1. The lowest BCUT2D eigenvalue weighted by Crippen LogP contribution is -2.31. The average molecular weight is 293 g/mol. The van der Waals surface area contributed by atoms with Crippen molar-refractivity contribution in [3.05, 3.63) is 0 Å². The molecule has 0 spiro atoms. The Bertz CT molecular complexity index is 227. The van der Waals surface area contributed by atoms with Gasteiger partial charge in [0.1, 0.15) is 12.8 Å². The van der Waals surface area contributed by atoms with Gasteiger partial charge in [-0.3, -0.25) is 4.79 Å². The van der Waals surface area contributed by atoms with E-state index >= 15 is 0 Å². The SMILES string of the molecule is CCC(=O)NCOCC(COCCOC)OCCOC. The third kappa shape index (κ3) is 12.3. The second-order valence-electron chi connectivity index (χ2n) is 4.02. The summed E-state index contributed by atoms with van der Waals surface area (Å²) in [7, 11) is 3.24. The summed E-state index contributed by atoms with van der Waals surface area (Å²) < 4.78 is 26.1. The quantitative estimate of drug-likeness (QED) is 0.364. The van der Waals surface area contributed by atoms with E-state index in [0.29, 0.717) is 46.1 Å². The minimum Gasteiger partial charge on any atom is -0.382 e. The summed E-state index contributed by atoms with van der Waals surface area (Å²) in [6, 6.07) is 0. The van der Waals surface area contributed by atoms with Crippen molar-refractivity contribution in [2.75, 3.05) is 60.6 Å². The van der Waals surface area contributed by atoms with Crippen LogP contribution in [-0.2, 0) is 28.5 Å². The molecule has 0 bridgehead atoms. The second kappa shape index (κ2) is 14.7. The van der Waals surface area contributed by atoms with Gasteiger partial charge in [0.15, 0.2) is 0 Å². The third-order valence-corrected chi connectivity index (χ3v) is 2.37. The molecule has 0 aliphatic heterocycles. The Morgan fingerprint density at radius 2 is 1.65 bits per heavy atom.